The van der Waals surface area contributed by atoms with E-state index in [1.807, 2.05) is 11.3 Å². The molecule has 1 aromatic heterocycles. The highest BCUT2D eigenvalue weighted by atomic mass is 32.1. The van der Waals surface area contributed by atoms with Crippen LogP contribution in [0.1, 0.15) is 25.0 Å². The number of benzene rings is 9. The molecule has 0 amide bonds. The first-order valence-corrected chi connectivity index (χ1v) is 19.9. The summed E-state index contributed by atoms with van der Waals surface area (Å²) in [6.45, 7) is 4.69. The van der Waals surface area contributed by atoms with Crippen LogP contribution in [0.4, 0.5) is 17.1 Å². The molecule has 1 aliphatic carbocycles. The molecule has 9 aromatic carbocycles. The summed E-state index contributed by atoms with van der Waals surface area (Å²) in [5.74, 6) is 0. The SMILES string of the molecule is CC1(C)c2ccccc2-c2cc(N(c3ccc(-c4ccc5sc6ccc7ccccc7c6c5c4)cc3)c3ccc(-c4cccc5ccccc45)cc3)ccc21. The van der Waals surface area contributed by atoms with E-state index in [0.29, 0.717) is 0 Å². The van der Waals surface area contributed by atoms with Crippen LogP contribution in [0.15, 0.2) is 188 Å². The molecule has 1 heterocycles. The molecule has 0 fully saturated rings. The van der Waals surface area contributed by atoms with Gasteiger partial charge < -0.3 is 4.90 Å². The van der Waals surface area contributed by atoms with Crippen molar-refractivity contribution in [3.8, 4) is 33.4 Å². The Bertz CT molecular complexity index is 3110. The molecule has 0 saturated carbocycles. The third-order valence-corrected chi connectivity index (χ3v) is 13.0. The highest BCUT2D eigenvalue weighted by Crippen LogP contribution is 2.51. The predicted octanol–water partition coefficient (Wildman–Crippen LogP) is 15.5. The number of hydrogen-bond donors (Lipinski definition) is 0. The van der Waals surface area contributed by atoms with Crippen molar-refractivity contribution in [1.82, 2.24) is 0 Å². The molecular formula is C53H37NS. The molecule has 11 rings (SSSR count). The van der Waals surface area contributed by atoms with E-state index in [1.165, 1.54) is 86.2 Å². The van der Waals surface area contributed by atoms with Crippen LogP contribution in [0.3, 0.4) is 0 Å². The summed E-state index contributed by atoms with van der Waals surface area (Å²) in [6.07, 6.45) is 0. The van der Waals surface area contributed by atoms with E-state index < -0.39 is 0 Å². The maximum Gasteiger partial charge on any atom is 0.0468 e. The van der Waals surface area contributed by atoms with E-state index in [2.05, 4.69) is 207 Å². The molecule has 0 bridgehead atoms. The first kappa shape index (κ1) is 32.0. The van der Waals surface area contributed by atoms with Crippen molar-refractivity contribution in [2.24, 2.45) is 0 Å². The molecular weight excluding hydrogens is 683 g/mol. The Balaban J connectivity index is 1.03. The minimum atomic E-state index is -0.0434. The lowest BCUT2D eigenvalue weighted by molar-refractivity contribution is 0.660. The smallest absolute Gasteiger partial charge is 0.0468 e. The van der Waals surface area contributed by atoms with Crippen LogP contribution >= 0.6 is 11.3 Å². The molecule has 0 N–H and O–H groups in total. The van der Waals surface area contributed by atoms with Gasteiger partial charge in [0.25, 0.3) is 0 Å². The Morgan fingerprint density at radius 3 is 1.76 bits per heavy atom. The molecule has 0 atom stereocenters. The minimum absolute atomic E-state index is 0.0434. The van der Waals surface area contributed by atoms with Crippen molar-refractivity contribution in [2.45, 2.75) is 19.3 Å². The summed E-state index contributed by atoms with van der Waals surface area (Å²) in [4.78, 5) is 2.41. The number of hydrogen-bond acceptors (Lipinski definition) is 2. The summed E-state index contributed by atoms with van der Waals surface area (Å²) < 4.78 is 2.66. The average Bonchev–Trinajstić information content (AvgIpc) is 3.73. The van der Waals surface area contributed by atoms with E-state index in [4.69, 9.17) is 0 Å². The molecule has 0 saturated heterocycles. The summed E-state index contributed by atoms with van der Waals surface area (Å²) in [7, 11) is 0. The van der Waals surface area contributed by atoms with E-state index in [9.17, 15) is 0 Å². The van der Waals surface area contributed by atoms with Gasteiger partial charge in [0.15, 0.2) is 0 Å². The monoisotopic (exact) mass is 719 g/mol. The van der Waals surface area contributed by atoms with Crippen molar-refractivity contribution < 1.29 is 0 Å². The number of rotatable bonds is 5. The van der Waals surface area contributed by atoms with Gasteiger partial charge in [0.1, 0.15) is 0 Å². The highest BCUT2D eigenvalue weighted by molar-refractivity contribution is 7.26. The lowest BCUT2D eigenvalue weighted by Gasteiger charge is -2.27. The second kappa shape index (κ2) is 12.3. The third kappa shape index (κ3) is 5.06. The molecule has 2 heteroatoms. The van der Waals surface area contributed by atoms with Crippen molar-refractivity contribution >= 4 is 70.1 Å². The van der Waals surface area contributed by atoms with Crippen molar-refractivity contribution in [1.29, 1.82) is 0 Å². The van der Waals surface area contributed by atoms with Gasteiger partial charge in [-0.2, -0.15) is 0 Å². The molecule has 0 radical (unpaired) electrons. The summed E-state index contributed by atoms with van der Waals surface area (Å²) in [6, 6.07) is 69.6. The standard InChI is InChI=1S/C53H37NS/c1-53(2)48-17-8-7-15-45(48)46-33-41(28-29-49(46)53)54(40-26-20-37(21-27-40)43-16-9-12-35-10-3-5-13-42(35)43)39-24-18-34(19-25-39)38-23-30-50-47(32-38)52-44-14-6-4-11-36(44)22-31-51(52)55-50/h3-33H,1-2H3. The van der Waals surface area contributed by atoms with Gasteiger partial charge in [-0.15, -0.1) is 11.3 Å². The zero-order valence-electron chi connectivity index (χ0n) is 30.8. The van der Waals surface area contributed by atoms with Gasteiger partial charge in [0, 0.05) is 42.6 Å². The fourth-order valence-corrected chi connectivity index (χ4v) is 10.2. The van der Waals surface area contributed by atoms with Crippen molar-refractivity contribution in [3.63, 3.8) is 0 Å². The summed E-state index contributed by atoms with van der Waals surface area (Å²) in [5.41, 5.74) is 13.7. The molecule has 1 aliphatic rings. The maximum atomic E-state index is 2.41. The van der Waals surface area contributed by atoms with E-state index >= 15 is 0 Å². The van der Waals surface area contributed by atoms with Gasteiger partial charge in [-0.25, -0.2) is 0 Å². The molecule has 1 nitrogen and oxygen atoms in total. The second-order valence-corrected chi connectivity index (χ2v) is 16.4. The second-order valence-electron chi connectivity index (χ2n) is 15.3. The molecule has 0 aliphatic heterocycles. The molecule has 0 unspecified atom stereocenters. The van der Waals surface area contributed by atoms with Gasteiger partial charge in [-0.1, -0.05) is 147 Å². The van der Waals surface area contributed by atoms with Crippen LogP contribution in [-0.4, -0.2) is 0 Å². The number of fused-ring (bicyclic) bond motifs is 9. The predicted molar refractivity (Wildman–Crippen MR) is 237 cm³/mol. The Hall–Kier alpha value is -6.48. The first-order chi connectivity index (χ1) is 27.0. The van der Waals surface area contributed by atoms with Gasteiger partial charge in [-0.3, -0.25) is 0 Å². The zero-order chi connectivity index (χ0) is 36.7. The Morgan fingerprint density at radius 2 is 0.964 bits per heavy atom. The highest BCUT2D eigenvalue weighted by Gasteiger charge is 2.35. The molecule has 55 heavy (non-hydrogen) atoms. The van der Waals surface area contributed by atoms with E-state index in [0.717, 1.165) is 17.1 Å². The van der Waals surface area contributed by atoms with Gasteiger partial charge in [0.05, 0.1) is 0 Å². The fraction of sp³-hybridized carbons (Fsp3) is 0.0566. The van der Waals surface area contributed by atoms with Gasteiger partial charge >= 0.3 is 0 Å². The average molecular weight is 720 g/mol. The largest absolute Gasteiger partial charge is 0.310 e. The number of thiophene rings is 1. The Morgan fingerprint density at radius 1 is 0.382 bits per heavy atom. The van der Waals surface area contributed by atoms with E-state index in [-0.39, 0.29) is 5.41 Å². The molecule has 260 valence electrons. The van der Waals surface area contributed by atoms with Crippen LogP contribution in [0.2, 0.25) is 0 Å². The fourth-order valence-electron chi connectivity index (χ4n) is 9.09. The van der Waals surface area contributed by atoms with Gasteiger partial charge in [0.2, 0.25) is 0 Å². The quantitative estimate of drug-likeness (QED) is 0.171. The molecule has 10 aromatic rings. The lowest BCUT2D eigenvalue weighted by Crippen LogP contribution is -2.15. The summed E-state index contributed by atoms with van der Waals surface area (Å²) >= 11 is 1.88. The Labute approximate surface area is 325 Å². The summed E-state index contributed by atoms with van der Waals surface area (Å²) in [5, 5.41) is 7.82. The van der Waals surface area contributed by atoms with Crippen LogP contribution in [-0.2, 0) is 5.41 Å². The maximum absolute atomic E-state index is 2.41. The van der Waals surface area contributed by atoms with Crippen LogP contribution in [0, 0.1) is 0 Å². The number of anilines is 3. The zero-order valence-corrected chi connectivity index (χ0v) is 31.6. The van der Waals surface area contributed by atoms with Crippen molar-refractivity contribution in [3.05, 3.63) is 199 Å². The van der Waals surface area contributed by atoms with E-state index in [1.54, 1.807) is 0 Å². The van der Waals surface area contributed by atoms with Crippen LogP contribution in [0.25, 0.3) is 75.1 Å². The van der Waals surface area contributed by atoms with Crippen molar-refractivity contribution in [2.75, 3.05) is 4.90 Å². The minimum Gasteiger partial charge on any atom is -0.310 e. The normalized spacial score (nSPS) is 13.1. The number of nitrogens with zero attached hydrogens (tertiary/aromatic N) is 1. The lowest BCUT2D eigenvalue weighted by atomic mass is 9.82. The van der Waals surface area contributed by atoms with Crippen LogP contribution in [0.5, 0.6) is 0 Å². The third-order valence-electron chi connectivity index (χ3n) is 11.9. The van der Waals surface area contributed by atoms with Crippen LogP contribution < -0.4 is 4.90 Å². The van der Waals surface area contributed by atoms with Gasteiger partial charge in [-0.05, 0) is 121 Å². The Kier molecular flexibility index (Phi) is 7.14. The first-order valence-electron chi connectivity index (χ1n) is 19.1. The topological polar surface area (TPSA) is 3.24 Å². The molecule has 0 spiro atoms.